The van der Waals surface area contributed by atoms with Gasteiger partial charge in [0.25, 0.3) is 0 Å². The number of aromatic nitrogens is 2. The van der Waals surface area contributed by atoms with E-state index in [1.165, 1.54) is 6.33 Å². The lowest BCUT2D eigenvalue weighted by Gasteiger charge is -2.40. The maximum atomic E-state index is 12.7. The molecule has 0 radical (unpaired) electrons. The highest BCUT2D eigenvalue weighted by Crippen LogP contribution is 3.02. The van der Waals surface area contributed by atoms with Gasteiger partial charge < -0.3 is 5.32 Å². The molecule has 3 rings (SSSR count). The van der Waals surface area contributed by atoms with Crippen LogP contribution in [-0.4, -0.2) is 16.0 Å². The van der Waals surface area contributed by atoms with Gasteiger partial charge >= 0.3 is 10.2 Å². The maximum absolute atomic E-state index is 12.7. The van der Waals surface area contributed by atoms with E-state index < -0.39 is 15.1 Å². The molecule has 0 fully saturated rings. The molecule has 0 amide bonds. The predicted molar refractivity (Wildman–Crippen MR) is 102 cm³/mol. The van der Waals surface area contributed by atoms with Crippen LogP contribution in [0, 0.1) is 11.8 Å². The Labute approximate surface area is 158 Å². The fourth-order valence-corrected chi connectivity index (χ4v) is 3.16. The Morgan fingerprint density at radius 3 is 2.32 bits per heavy atom. The minimum atomic E-state index is -9.65. The summed E-state index contributed by atoms with van der Waals surface area (Å²) in [4.78, 5) is 6.47. The van der Waals surface area contributed by atoms with Crippen molar-refractivity contribution in [2.75, 3.05) is 5.32 Å². The zero-order valence-electron chi connectivity index (χ0n) is 14.7. The molecule has 1 heterocycles. The summed E-state index contributed by atoms with van der Waals surface area (Å²) < 4.78 is 63.5. The van der Waals surface area contributed by atoms with E-state index in [0.29, 0.717) is 24.4 Å². The maximum Gasteiger partial charge on any atom is 0.310 e. The van der Waals surface area contributed by atoms with Crippen LogP contribution in [0.5, 0.6) is 0 Å². The number of halogens is 5. The van der Waals surface area contributed by atoms with Gasteiger partial charge in [0, 0.05) is 23.4 Å². The molecule has 0 bridgehead atoms. The Morgan fingerprint density at radius 2 is 1.64 bits per heavy atom. The van der Waals surface area contributed by atoms with Crippen molar-refractivity contribution in [2.45, 2.75) is 24.3 Å². The second-order valence-electron chi connectivity index (χ2n) is 6.28. The molecule has 0 aliphatic carbocycles. The normalized spacial score (nSPS) is 15.1. The third-order valence-corrected chi connectivity index (χ3v) is 5.03. The summed E-state index contributed by atoms with van der Waals surface area (Å²) in [5.74, 6) is 6.17. The molecule has 1 aromatic heterocycles. The van der Waals surface area contributed by atoms with E-state index >= 15 is 0 Å². The van der Waals surface area contributed by atoms with Crippen molar-refractivity contribution < 1.29 is 19.4 Å². The Balaban J connectivity index is 1.67. The lowest BCUT2D eigenvalue weighted by Crippen LogP contribution is -2.15. The van der Waals surface area contributed by atoms with Crippen LogP contribution in [0.2, 0.25) is 0 Å². The number of hydrogen-bond donors (Lipinski definition) is 1. The molecule has 1 unspecified atom stereocenters. The van der Waals surface area contributed by atoms with Gasteiger partial charge in [-0.15, -0.1) is 0 Å². The number of benzene rings is 2. The van der Waals surface area contributed by atoms with E-state index in [9.17, 15) is 19.4 Å². The van der Waals surface area contributed by atoms with E-state index in [1.807, 2.05) is 31.2 Å². The number of hydrogen-bond acceptors (Lipinski definition) is 3. The van der Waals surface area contributed by atoms with Crippen LogP contribution >= 0.6 is 10.2 Å². The number of anilines is 1. The van der Waals surface area contributed by atoms with Crippen LogP contribution in [0.15, 0.2) is 59.8 Å². The third-order valence-electron chi connectivity index (χ3n) is 3.87. The lowest BCUT2D eigenvalue weighted by molar-refractivity contribution is 0.364. The third kappa shape index (κ3) is 4.89. The van der Waals surface area contributed by atoms with E-state index in [2.05, 4.69) is 27.1 Å². The first-order valence-corrected chi connectivity index (χ1v) is 10.2. The molecule has 3 aromatic rings. The predicted octanol–water partition coefficient (Wildman–Crippen LogP) is 6.53. The van der Waals surface area contributed by atoms with Crippen LogP contribution in [0.1, 0.15) is 18.9 Å². The molecule has 3 nitrogen and oxygen atoms in total. The summed E-state index contributed by atoms with van der Waals surface area (Å²) >= 11 is 0. The Hall–Kier alpha value is -2.86. The smallest absolute Gasteiger partial charge is 0.310 e. The van der Waals surface area contributed by atoms with Crippen molar-refractivity contribution in [3.8, 4) is 11.8 Å². The number of nitrogens with zero attached hydrogens (tertiary/aromatic N) is 2. The van der Waals surface area contributed by atoms with E-state index in [0.717, 1.165) is 23.0 Å². The number of rotatable bonds is 4. The molecular weight excluding hydrogens is 397 g/mol. The molecule has 28 heavy (non-hydrogen) atoms. The standard InChI is InChI=1S/C19H16F5N3S/c1-14(27-19-17-7-2-3-8-18(17)25-13-26-19)5-4-6-15-9-11-16(12-10-15)28(20,21,22,23)24/h2-3,7-14H,5H2,1H3,(H,25,26,27). The Morgan fingerprint density at radius 1 is 0.964 bits per heavy atom. The highest BCUT2D eigenvalue weighted by atomic mass is 32.5. The first-order valence-electron chi connectivity index (χ1n) is 8.22. The van der Waals surface area contributed by atoms with Gasteiger partial charge in [0.15, 0.2) is 0 Å². The molecule has 0 saturated carbocycles. The second kappa shape index (κ2) is 6.34. The first-order chi connectivity index (χ1) is 12.9. The van der Waals surface area contributed by atoms with Crippen molar-refractivity contribution in [3.63, 3.8) is 0 Å². The number of nitrogens with one attached hydrogen (secondary N) is 1. The molecule has 0 aliphatic rings. The van der Waals surface area contributed by atoms with Crippen LogP contribution < -0.4 is 5.32 Å². The van der Waals surface area contributed by atoms with E-state index in [-0.39, 0.29) is 11.6 Å². The van der Waals surface area contributed by atoms with Crippen LogP contribution in [0.4, 0.5) is 25.2 Å². The Kier molecular flexibility index (Phi) is 4.51. The minimum absolute atomic E-state index is 0.102. The summed E-state index contributed by atoms with van der Waals surface area (Å²) in [5, 5.41) is 4.07. The summed E-state index contributed by atoms with van der Waals surface area (Å²) in [7, 11) is -9.65. The zero-order valence-corrected chi connectivity index (χ0v) is 15.5. The highest BCUT2D eigenvalue weighted by Gasteiger charge is 2.65. The first kappa shape index (κ1) is 19.9. The molecule has 1 atom stereocenters. The van der Waals surface area contributed by atoms with Gasteiger partial charge in [0.2, 0.25) is 0 Å². The Bertz CT molecular complexity index is 1070. The van der Waals surface area contributed by atoms with Gasteiger partial charge in [-0.3, -0.25) is 0 Å². The van der Waals surface area contributed by atoms with Crippen LogP contribution in [0.25, 0.3) is 10.9 Å². The summed E-state index contributed by atoms with van der Waals surface area (Å²) in [6.07, 6.45) is 1.82. The monoisotopic (exact) mass is 413 g/mol. The second-order valence-corrected chi connectivity index (χ2v) is 8.69. The minimum Gasteiger partial charge on any atom is -0.366 e. The SMILES string of the molecule is CC(CC#Cc1ccc(S(F)(F)(F)(F)F)cc1)Nc1ncnc2ccccc12. The van der Waals surface area contributed by atoms with E-state index in [4.69, 9.17) is 0 Å². The van der Waals surface area contributed by atoms with Crippen molar-refractivity contribution in [2.24, 2.45) is 0 Å². The topological polar surface area (TPSA) is 37.8 Å². The van der Waals surface area contributed by atoms with Gasteiger partial charge in [-0.25, -0.2) is 9.97 Å². The number of para-hydroxylation sites is 1. The van der Waals surface area contributed by atoms with Gasteiger partial charge in [0.1, 0.15) is 17.0 Å². The average molecular weight is 413 g/mol. The van der Waals surface area contributed by atoms with E-state index in [1.54, 1.807) is 0 Å². The van der Waals surface area contributed by atoms with Gasteiger partial charge in [-0.1, -0.05) is 43.4 Å². The van der Waals surface area contributed by atoms with Crippen LogP contribution in [0.3, 0.4) is 0 Å². The quantitative estimate of drug-likeness (QED) is 0.390. The lowest BCUT2D eigenvalue weighted by atomic mass is 10.2. The molecule has 2 aromatic carbocycles. The van der Waals surface area contributed by atoms with Crippen molar-refractivity contribution in [3.05, 3.63) is 60.4 Å². The average Bonchev–Trinajstić information content (AvgIpc) is 2.60. The summed E-state index contributed by atoms with van der Waals surface area (Å²) in [6.45, 7) is 1.88. The van der Waals surface area contributed by atoms with Gasteiger partial charge in [-0.05, 0) is 43.3 Å². The van der Waals surface area contributed by atoms with Crippen LogP contribution in [-0.2, 0) is 0 Å². The van der Waals surface area contributed by atoms with Gasteiger partial charge in [-0.2, -0.15) is 0 Å². The molecule has 9 heteroatoms. The fourth-order valence-electron chi connectivity index (χ4n) is 2.51. The van der Waals surface area contributed by atoms with Crippen molar-refractivity contribution >= 4 is 26.9 Å². The highest BCUT2D eigenvalue weighted by molar-refractivity contribution is 8.45. The number of fused-ring (bicyclic) bond motifs is 1. The fraction of sp³-hybridized carbons (Fsp3) is 0.158. The molecule has 1 N–H and O–H groups in total. The summed E-state index contributed by atoms with van der Waals surface area (Å²) in [6, 6.07) is 9.99. The zero-order chi connectivity index (χ0) is 20.5. The van der Waals surface area contributed by atoms with Crippen molar-refractivity contribution in [1.29, 1.82) is 0 Å². The molecule has 0 aliphatic heterocycles. The molecular formula is C19H16F5N3S. The molecule has 0 saturated heterocycles. The van der Waals surface area contributed by atoms with Gasteiger partial charge in [0.05, 0.1) is 5.52 Å². The largest absolute Gasteiger partial charge is 0.366 e. The summed E-state index contributed by atoms with van der Waals surface area (Å²) in [5.41, 5.74) is 1.02. The molecule has 0 spiro atoms. The molecule has 148 valence electrons. The van der Waals surface area contributed by atoms with Crippen molar-refractivity contribution in [1.82, 2.24) is 9.97 Å².